The van der Waals surface area contributed by atoms with Crippen LogP contribution in [0.15, 0.2) is 24.3 Å². The van der Waals surface area contributed by atoms with Gasteiger partial charge in [-0.2, -0.15) is 0 Å². The first-order valence-electron chi connectivity index (χ1n) is 5.84. The molecule has 1 saturated heterocycles. The highest BCUT2D eigenvalue weighted by Crippen LogP contribution is 2.20. The van der Waals surface area contributed by atoms with Gasteiger partial charge in [-0.05, 0) is 5.56 Å². The molecule has 1 aromatic carbocycles. The highest BCUT2D eigenvalue weighted by atomic mass is 16.6. The second kappa shape index (κ2) is 5.33. The Labute approximate surface area is 109 Å². The number of benzene rings is 1. The van der Waals surface area contributed by atoms with Crippen molar-refractivity contribution in [3.05, 3.63) is 39.9 Å². The summed E-state index contributed by atoms with van der Waals surface area (Å²) in [6.45, 7) is 1.06. The molecule has 7 heteroatoms. The summed E-state index contributed by atoms with van der Waals surface area (Å²) in [5.74, 6) is -1.77. The van der Waals surface area contributed by atoms with Crippen molar-refractivity contribution in [3.8, 4) is 0 Å². The van der Waals surface area contributed by atoms with E-state index in [1.807, 2.05) is 4.90 Å². The van der Waals surface area contributed by atoms with Gasteiger partial charge < -0.3 is 10.2 Å². The van der Waals surface area contributed by atoms with Crippen molar-refractivity contribution < 1.29 is 19.9 Å². The van der Waals surface area contributed by atoms with E-state index in [4.69, 9.17) is 5.11 Å². The zero-order valence-corrected chi connectivity index (χ0v) is 10.1. The molecule has 2 N–H and O–H groups in total. The molecule has 102 valence electrons. The molecule has 0 aromatic heterocycles. The van der Waals surface area contributed by atoms with Crippen molar-refractivity contribution in [2.45, 2.75) is 12.6 Å². The molecule has 7 nitrogen and oxygen atoms in total. The molecule has 1 aliphatic heterocycles. The van der Waals surface area contributed by atoms with Crippen molar-refractivity contribution in [3.63, 3.8) is 0 Å². The van der Waals surface area contributed by atoms with Crippen LogP contribution in [-0.2, 0) is 11.3 Å². The molecular formula is C12H14N2O5. The van der Waals surface area contributed by atoms with Gasteiger partial charge in [-0.15, -0.1) is 0 Å². The van der Waals surface area contributed by atoms with Gasteiger partial charge in [0, 0.05) is 31.8 Å². The van der Waals surface area contributed by atoms with Gasteiger partial charge in [0.05, 0.1) is 16.9 Å². The molecule has 1 aliphatic rings. The van der Waals surface area contributed by atoms with Crippen molar-refractivity contribution in [1.82, 2.24) is 4.90 Å². The third kappa shape index (κ3) is 3.07. The van der Waals surface area contributed by atoms with Crippen molar-refractivity contribution in [2.75, 3.05) is 13.1 Å². The first-order valence-corrected chi connectivity index (χ1v) is 5.84. The minimum absolute atomic E-state index is 0.0219. The summed E-state index contributed by atoms with van der Waals surface area (Å²) in [5, 5.41) is 29.0. The highest BCUT2D eigenvalue weighted by Gasteiger charge is 2.36. The van der Waals surface area contributed by atoms with Crippen molar-refractivity contribution in [2.24, 2.45) is 5.92 Å². The Balaban J connectivity index is 1.99. The number of aliphatic hydroxyl groups is 1. The van der Waals surface area contributed by atoms with Crippen LogP contribution in [0.5, 0.6) is 0 Å². The number of carboxylic acids is 1. The van der Waals surface area contributed by atoms with E-state index < -0.39 is 22.9 Å². The highest BCUT2D eigenvalue weighted by molar-refractivity contribution is 5.71. The van der Waals surface area contributed by atoms with Gasteiger partial charge in [0.1, 0.15) is 0 Å². The summed E-state index contributed by atoms with van der Waals surface area (Å²) in [6.07, 6.45) is -0.865. The molecule has 0 aliphatic carbocycles. The van der Waals surface area contributed by atoms with E-state index in [0.717, 1.165) is 5.56 Å². The average molecular weight is 266 g/mol. The molecule has 19 heavy (non-hydrogen) atoms. The average Bonchev–Trinajstić information content (AvgIpc) is 2.71. The van der Waals surface area contributed by atoms with Crippen molar-refractivity contribution in [1.29, 1.82) is 0 Å². The SMILES string of the molecule is O=C(O)[C@H]1CN(Cc2ccc([N+](=O)[O-])cc2)C[C@@H]1O. The molecule has 2 atom stereocenters. The van der Waals surface area contributed by atoms with Crippen LogP contribution in [0.25, 0.3) is 0 Å². The zero-order valence-electron chi connectivity index (χ0n) is 10.1. The Morgan fingerprint density at radius 2 is 2.00 bits per heavy atom. The van der Waals surface area contributed by atoms with Crippen LogP contribution in [-0.4, -0.2) is 45.2 Å². The molecule has 0 amide bonds. The van der Waals surface area contributed by atoms with E-state index in [1.54, 1.807) is 12.1 Å². The van der Waals surface area contributed by atoms with Crippen molar-refractivity contribution >= 4 is 11.7 Å². The summed E-state index contributed by atoms with van der Waals surface area (Å²) in [7, 11) is 0. The number of non-ortho nitro benzene ring substituents is 1. The second-order valence-electron chi connectivity index (χ2n) is 4.63. The number of rotatable bonds is 4. The van der Waals surface area contributed by atoms with E-state index in [1.165, 1.54) is 12.1 Å². The molecule has 1 heterocycles. The fraction of sp³-hybridized carbons (Fsp3) is 0.417. The first kappa shape index (κ1) is 13.4. The number of nitrogens with zero attached hydrogens (tertiary/aromatic N) is 2. The second-order valence-corrected chi connectivity index (χ2v) is 4.63. The van der Waals surface area contributed by atoms with E-state index in [9.17, 15) is 20.0 Å². The molecule has 1 fully saturated rings. The molecule has 1 aromatic rings. The molecule has 0 bridgehead atoms. The van der Waals surface area contributed by atoms with Gasteiger partial charge in [0.25, 0.3) is 5.69 Å². The number of nitro groups is 1. The lowest BCUT2D eigenvalue weighted by atomic mass is 10.1. The van der Waals surface area contributed by atoms with E-state index in [2.05, 4.69) is 0 Å². The van der Waals surface area contributed by atoms with Gasteiger partial charge in [0.15, 0.2) is 0 Å². The molecule has 2 rings (SSSR count). The van der Waals surface area contributed by atoms with Crippen LogP contribution in [0.4, 0.5) is 5.69 Å². The predicted octanol–water partition coefficient (Wildman–Crippen LogP) is 0.472. The number of β-amino-alcohol motifs (C(OH)–C–C–N with tert-alkyl or cyclic N) is 1. The molecule has 0 saturated carbocycles. The monoisotopic (exact) mass is 266 g/mol. The summed E-state index contributed by atoms with van der Waals surface area (Å²) in [6, 6.07) is 6.10. The first-order chi connectivity index (χ1) is 8.97. The number of aliphatic hydroxyl groups excluding tert-OH is 1. The normalized spacial score (nSPS) is 23.4. The van der Waals surface area contributed by atoms with Gasteiger partial charge in [0.2, 0.25) is 0 Å². The standard InChI is InChI=1S/C12H14N2O5/c15-11-7-13(6-10(11)12(16)17)5-8-1-3-9(4-2-8)14(18)19/h1-4,10-11,15H,5-7H2,(H,16,17)/t10-,11-/m0/s1. The predicted molar refractivity (Wildman–Crippen MR) is 65.5 cm³/mol. The fourth-order valence-corrected chi connectivity index (χ4v) is 2.22. The van der Waals surface area contributed by atoms with Gasteiger partial charge in [-0.1, -0.05) is 12.1 Å². The fourth-order valence-electron chi connectivity index (χ4n) is 2.22. The van der Waals surface area contributed by atoms with Crippen LogP contribution in [0, 0.1) is 16.0 Å². The Kier molecular flexibility index (Phi) is 3.77. The minimum Gasteiger partial charge on any atom is -0.481 e. The molecule has 0 unspecified atom stereocenters. The number of hydrogen-bond donors (Lipinski definition) is 2. The summed E-state index contributed by atoms with van der Waals surface area (Å²) < 4.78 is 0. The van der Waals surface area contributed by atoms with E-state index in [0.29, 0.717) is 13.1 Å². The van der Waals surface area contributed by atoms with Gasteiger partial charge in [-0.25, -0.2) is 0 Å². The Hall–Kier alpha value is -1.99. The summed E-state index contributed by atoms with van der Waals surface area (Å²) >= 11 is 0. The molecule has 0 spiro atoms. The number of aliphatic carboxylic acids is 1. The van der Waals surface area contributed by atoms with Crippen LogP contribution >= 0.6 is 0 Å². The number of carbonyl (C=O) groups is 1. The number of hydrogen-bond acceptors (Lipinski definition) is 5. The maximum Gasteiger partial charge on any atom is 0.310 e. The lowest BCUT2D eigenvalue weighted by Crippen LogP contribution is -2.25. The van der Waals surface area contributed by atoms with E-state index >= 15 is 0 Å². The van der Waals surface area contributed by atoms with Crippen LogP contribution in [0.1, 0.15) is 5.56 Å². The minimum atomic E-state index is -1.00. The largest absolute Gasteiger partial charge is 0.481 e. The Morgan fingerprint density at radius 3 is 2.47 bits per heavy atom. The number of likely N-dealkylation sites (tertiary alicyclic amines) is 1. The Bertz CT molecular complexity index is 487. The number of nitro benzene ring substituents is 1. The van der Waals surface area contributed by atoms with E-state index in [-0.39, 0.29) is 12.2 Å². The maximum atomic E-state index is 10.9. The van der Waals surface area contributed by atoms with Crippen LogP contribution in [0.2, 0.25) is 0 Å². The smallest absolute Gasteiger partial charge is 0.310 e. The third-order valence-electron chi connectivity index (χ3n) is 3.24. The lowest BCUT2D eigenvalue weighted by Gasteiger charge is -2.14. The van der Waals surface area contributed by atoms with Crippen LogP contribution in [0.3, 0.4) is 0 Å². The van der Waals surface area contributed by atoms with Gasteiger partial charge >= 0.3 is 5.97 Å². The van der Waals surface area contributed by atoms with Gasteiger partial charge in [-0.3, -0.25) is 19.8 Å². The topological polar surface area (TPSA) is 104 Å². The molecular weight excluding hydrogens is 252 g/mol. The maximum absolute atomic E-state index is 10.9. The summed E-state index contributed by atoms with van der Waals surface area (Å²) in [5.41, 5.74) is 0.873. The Morgan fingerprint density at radius 1 is 1.37 bits per heavy atom. The quantitative estimate of drug-likeness (QED) is 0.606. The number of carboxylic acid groups (broad SMARTS) is 1. The lowest BCUT2D eigenvalue weighted by molar-refractivity contribution is -0.384. The third-order valence-corrected chi connectivity index (χ3v) is 3.24. The molecule has 0 radical (unpaired) electrons. The van der Waals surface area contributed by atoms with Crippen LogP contribution < -0.4 is 0 Å². The zero-order chi connectivity index (χ0) is 14.0. The summed E-state index contributed by atoms with van der Waals surface area (Å²) in [4.78, 5) is 22.7.